The number of nitrogens with zero attached hydrogens (tertiary/aromatic N) is 2. The van der Waals surface area contributed by atoms with Gasteiger partial charge in [-0.2, -0.15) is 4.31 Å². The quantitative estimate of drug-likeness (QED) is 0.806. The van der Waals surface area contributed by atoms with Crippen molar-refractivity contribution in [2.75, 3.05) is 45.5 Å². The predicted molar refractivity (Wildman–Crippen MR) is 89.3 cm³/mol. The Hall–Kier alpha value is -0.960. The summed E-state index contributed by atoms with van der Waals surface area (Å²) < 4.78 is 26.7. The highest BCUT2D eigenvalue weighted by Gasteiger charge is 2.25. The topological polar surface area (TPSA) is 69.7 Å². The van der Waals surface area contributed by atoms with Gasteiger partial charge < -0.3 is 10.2 Å². The molecule has 1 aliphatic rings. The normalized spacial score (nSPS) is 17.4. The summed E-state index contributed by atoms with van der Waals surface area (Å²) in [7, 11) is -1.34. The first-order valence-corrected chi connectivity index (χ1v) is 9.49. The standard InChI is InChI=1S/C14H20BrN3O3S/c1-17-6-8-18(9-7-17)22(20,21)10-5-16-14(19)12-3-2-4-13(15)11-12/h2-4,11H,5-10H2,1H3,(H,16,19). The number of hydrogen-bond acceptors (Lipinski definition) is 4. The number of nitrogens with one attached hydrogen (secondary N) is 1. The highest BCUT2D eigenvalue weighted by atomic mass is 79.9. The minimum atomic E-state index is -3.31. The van der Waals surface area contributed by atoms with Crippen LogP contribution in [0.3, 0.4) is 0 Å². The summed E-state index contributed by atoms with van der Waals surface area (Å²) in [6.45, 7) is 2.62. The first-order chi connectivity index (χ1) is 10.4. The number of piperazine rings is 1. The molecule has 122 valence electrons. The van der Waals surface area contributed by atoms with Crippen molar-refractivity contribution in [1.82, 2.24) is 14.5 Å². The van der Waals surface area contributed by atoms with Crippen molar-refractivity contribution >= 4 is 31.9 Å². The van der Waals surface area contributed by atoms with Crippen LogP contribution in [-0.2, 0) is 10.0 Å². The zero-order valence-corrected chi connectivity index (χ0v) is 14.9. The third kappa shape index (κ3) is 4.77. The Kier molecular flexibility index (Phi) is 5.96. The van der Waals surface area contributed by atoms with Gasteiger partial charge in [-0.15, -0.1) is 0 Å². The van der Waals surface area contributed by atoms with Crippen molar-refractivity contribution in [1.29, 1.82) is 0 Å². The Morgan fingerprint density at radius 1 is 1.27 bits per heavy atom. The van der Waals surface area contributed by atoms with Crippen LogP contribution in [0.1, 0.15) is 10.4 Å². The van der Waals surface area contributed by atoms with Gasteiger partial charge in [0.15, 0.2) is 0 Å². The van der Waals surface area contributed by atoms with E-state index in [0.717, 1.165) is 17.6 Å². The van der Waals surface area contributed by atoms with Crippen LogP contribution >= 0.6 is 15.9 Å². The Balaban J connectivity index is 1.83. The SMILES string of the molecule is CN1CCN(S(=O)(=O)CCNC(=O)c2cccc(Br)c2)CC1. The van der Waals surface area contributed by atoms with Crippen molar-refractivity contribution in [3.8, 4) is 0 Å². The van der Waals surface area contributed by atoms with E-state index in [2.05, 4.69) is 26.1 Å². The van der Waals surface area contributed by atoms with E-state index in [1.165, 1.54) is 4.31 Å². The Labute approximate surface area is 139 Å². The molecule has 1 aromatic rings. The van der Waals surface area contributed by atoms with E-state index in [0.29, 0.717) is 18.7 Å². The van der Waals surface area contributed by atoms with Crippen molar-refractivity contribution in [3.05, 3.63) is 34.3 Å². The lowest BCUT2D eigenvalue weighted by Crippen LogP contribution is -2.48. The Bertz CT molecular complexity index is 628. The number of carbonyl (C=O) groups is 1. The number of sulfonamides is 1. The number of likely N-dealkylation sites (N-methyl/N-ethyl adjacent to an activating group) is 1. The van der Waals surface area contributed by atoms with Gasteiger partial charge in [-0.25, -0.2) is 8.42 Å². The Morgan fingerprint density at radius 2 is 1.95 bits per heavy atom. The first-order valence-electron chi connectivity index (χ1n) is 7.08. The molecule has 1 amide bonds. The van der Waals surface area contributed by atoms with Gasteiger partial charge in [0.25, 0.3) is 5.91 Å². The van der Waals surface area contributed by atoms with Gasteiger partial charge >= 0.3 is 0 Å². The number of benzene rings is 1. The van der Waals surface area contributed by atoms with Gasteiger partial charge in [0.1, 0.15) is 0 Å². The van der Waals surface area contributed by atoms with E-state index in [-0.39, 0.29) is 18.2 Å². The molecule has 1 saturated heterocycles. The molecule has 0 saturated carbocycles. The highest BCUT2D eigenvalue weighted by molar-refractivity contribution is 9.10. The molecule has 0 atom stereocenters. The molecule has 0 bridgehead atoms. The second-order valence-corrected chi connectivity index (χ2v) is 8.29. The van der Waals surface area contributed by atoms with Gasteiger partial charge in [-0.3, -0.25) is 4.79 Å². The molecule has 6 nitrogen and oxygen atoms in total. The third-order valence-electron chi connectivity index (χ3n) is 3.59. The zero-order valence-electron chi connectivity index (χ0n) is 12.5. The van der Waals surface area contributed by atoms with Crippen LogP contribution in [0, 0.1) is 0 Å². The van der Waals surface area contributed by atoms with Gasteiger partial charge in [0.05, 0.1) is 5.75 Å². The van der Waals surface area contributed by atoms with Crippen LogP contribution in [0.4, 0.5) is 0 Å². The second kappa shape index (κ2) is 7.54. The highest BCUT2D eigenvalue weighted by Crippen LogP contribution is 2.11. The summed E-state index contributed by atoms with van der Waals surface area (Å²) in [6, 6.07) is 6.98. The number of amides is 1. The second-order valence-electron chi connectivity index (χ2n) is 5.28. The molecule has 8 heteroatoms. The lowest BCUT2D eigenvalue weighted by atomic mass is 10.2. The molecule has 1 aromatic carbocycles. The predicted octanol–water partition coefficient (Wildman–Crippen LogP) is 0.756. The molecule has 1 N–H and O–H groups in total. The van der Waals surface area contributed by atoms with E-state index in [1.54, 1.807) is 18.2 Å². The maximum atomic E-state index is 12.2. The molecule has 0 spiro atoms. The molecule has 22 heavy (non-hydrogen) atoms. The average molecular weight is 390 g/mol. The molecule has 2 rings (SSSR count). The van der Waals surface area contributed by atoms with Crippen molar-refractivity contribution < 1.29 is 13.2 Å². The van der Waals surface area contributed by atoms with E-state index >= 15 is 0 Å². The lowest BCUT2D eigenvalue weighted by Gasteiger charge is -2.31. The van der Waals surface area contributed by atoms with E-state index in [1.807, 2.05) is 13.1 Å². The molecule has 1 fully saturated rings. The smallest absolute Gasteiger partial charge is 0.251 e. The monoisotopic (exact) mass is 389 g/mol. The summed E-state index contributed by atoms with van der Waals surface area (Å²) in [4.78, 5) is 14.1. The summed E-state index contributed by atoms with van der Waals surface area (Å²) in [5.41, 5.74) is 0.506. The maximum Gasteiger partial charge on any atom is 0.251 e. The number of carbonyl (C=O) groups excluding carboxylic acids is 1. The van der Waals surface area contributed by atoms with Gasteiger partial charge in [0, 0.05) is 42.8 Å². The van der Waals surface area contributed by atoms with Crippen molar-refractivity contribution in [2.45, 2.75) is 0 Å². The number of hydrogen-bond donors (Lipinski definition) is 1. The van der Waals surface area contributed by atoms with Crippen molar-refractivity contribution in [3.63, 3.8) is 0 Å². The van der Waals surface area contributed by atoms with Gasteiger partial charge in [-0.1, -0.05) is 22.0 Å². The minimum absolute atomic E-state index is 0.0730. The molecule has 1 heterocycles. The van der Waals surface area contributed by atoms with Crippen molar-refractivity contribution in [2.24, 2.45) is 0 Å². The van der Waals surface area contributed by atoms with Gasteiger partial charge in [0.2, 0.25) is 10.0 Å². The van der Waals surface area contributed by atoms with Crippen LogP contribution in [0.2, 0.25) is 0 Å². The minimum Gasteiger partial charge on any atom is -0.351 e. The lowest BCUT2D eigenvalue weighted by molar-refractivity contribution is 0.0956. The van der Waals surface area contributed by atoms with E-state index in [9.17, 15) is 13.2 Å². The van der Waals surface area contributed by atoms with Crippen LogP contribution in [0.15, 0.2) is 28.7 Å². The fraction of sp³-hybridized carbons (Fsp3) is 0.500. The number of halogens is 1. The first kappa shape index (κ1) is 17.4. The molecule has 0 radical (unpaired) electrons. The molecular formula is C14H20BrN3O3S. The van der Waals surface area contributed by atoms with E-state index < -0.39 is 10.0 Å². The molecule has 0 unspecified atom stereocenters. The van der Waals surface area contributed by atoms with Crippen LogP contribution < -0.4 is 5.32 Å². The van der Waals surface area contributed by atoms with Gasteiger partial charge in [-0.05, 0) is 25.2 Å². The third-order valence-corrected chi connectivity index (χ3v) is 5.95. The molecule has 0 aromatic heterocycles. The van der Waals surface area contributed by atoms with Crippen LogP contribution in [0.25, 0.3) is 0 Å². The van der Waals surface area contributed by atoms with Crippen LogP contribution in [0.5, 0.6) is 0 Å². The largest absolute Gasteiger partial charge is 0.351 e. The zero-order chi connectivity index (χ0) is 16.2. The Morgan fingerprint density at radius 3 is 2.59 bits per heavy atom. The number of rotatable bonds is 5. The molecular weight excluding hydrogens is 370 g/mol. The van der Waals surface area contributed by atoms with Crippen LogP contribution in [-0.4, -0.2) is 69.1 Å². The average Bonchev–Trinajstić information content (AvgIpc) is 2.47. The summed E-state index contributed by atoms with van der Waals surface area (Å²) >= 11 is 3.30. The molecule has 0 aliphatic carbocycles. The summed E-state index contributed by atoms with van der Waals surface area (Å²) in [5.74, 6) is -0.342. The molecule has 1 aliphatic heterocycles. The fourth-order valence-corrected chi connectivity index (χ4v) is 3.96. The van der Waals surface area contributed by atoms with E-state index in [4.69, 9.17) is 0 Å². The summed E-state index contributed by atoms with van der Waals surface area (Å²) in [6.07, 6.45) is 0. The fourth-order valence-electron chi connectivity index (χ4n) is 2.22. The summed E-state index contributed by atoms with van der Waals surface area (Å²) in [5, 5.41) is 2.65. The maximum absolute atomic E-state index is 12.2.